The Labute approximate surface area is 126 Å². The summed E-state index contributed by atoms with van der Waals surface area (Å²) in [5.41, 5.74) is 2.58. The number of para-hydroxylation sites is 1. The summed E-state index contributed by atoms with van der Waals surface area (Å²) in [6, 6.07) is 8.48. The molecule has 2 rings (SSSR count). The average molecular weight is 294 g/mol. The quantitative estimate of drug-likeness (QED) is 0.701. The van der Waals surface area contributed by atoms with Crippen LogP contribution in [0.5, 0.6) is 0 Å². The van der Waals surface area contributed by atoms with Crippen molar-refractivity contribution in [3.05, 3.63) is 29.8 Å². The Kier molecular flexibility index (Phi) is 6.95. The maximum atomic E-state index is 9.62. The fraction of sp³-hybridized carbons (Fsp3) is 0.625. The van der Waals surface area contributed by atoms with Crippen LogP contribution in [0.3, 0.4) is 0 Å². The molecule has 0 saturated carbocycles. The van der Waals surface area contributed by atoms with Crippen LogP contribution < -0.4 is 10.2 Å². The second kappa shape index (κ2) is 9.00. The molecule has 1 aliphatic heterocycles. The number of hydrogen-bond donors (Lipinski definition) is 2. The van der Waals surface area contributed by atoms with Crippen LogP contribution in [-0.4, -0.2) is 57.8 Å². The van der Waals surface area contributed by atoms with E-state index < -0.39 is 6.10 Å². The molecule has 1 fully saturated rings. The molecule has 1 heterocycles. The zero-order valence-electron chi connectivity index (χ0n) is 12.8. The molecule has 1 aliphatic rings. The summed E-state index contributed by atoms with van der Waals surface area (Å²) in [6.07, 6.45) is 0.310. The number of aliphatic hydroxyl groups is 1. The summed E-state index contributed by atoms with van der Waals surface area (Å²) in [4.78, 5) is 2.38. The van der Waals surface area contributed by atoms with E-state index in [1.807, 2.05) is 0 Å². The predicted octanol–water partition coefficient (Wildman–Crippen LogP) is 1.01. The van der Waals surface area contributed by atoms with Gasteiger partial charge >= 0.3 is 0 Å². The van der Waals surface area contributed by atoms with Gasteiger partial charge in [0, 0.05) is 32.4 Å². The Bertz CT molecular complexity index is 408. The normalized spacial score (nSPS) is 17.0. The fourth-order valence-corrected chi connectivity index (χ4v) is 2.54. The summed E-state index contributed by atoms with van der Waals surface area (Å²) in [7, 11) is 1.61. The van der Waals surface area contributed by atoms with Crippen molar-refractivity contribution >= 4 is 5.69 Å². The third kappa shape index (κ3) is 5.28. The van der Waals surface area contributed by atoms with E-state index in [2.05, 4.69) is 34.5 Å². The lowest BCUT2D eigenvalue weighted by Crippen LogP contribution is -2.37. The second-order valence-corrected chi connectivity index (χ2v) is 5.30. The van der Waals surface area contributed by atoms with Gasteiger partial charge in [-0.1, -0.05) is 18.2 Å². The third-order valence-electron chi connectivity index (χ3n) is 3.67. The first-order valence-electron chi connectivity index (χ1n) is 7.59. The van der Waals surface area contributed by atoms with Gasteiger partial charge in [0.1, 0.15) is 0 Å². The smallest absolute Gasteiger partial charge is 0.0785 e. The molecule has 0 aromatic heterocycles. The fourth-order valence-electron chi connectivity index (χ4n) is 2.54. The zero-order chi connectivity index (χ0) is 14.9. The van der Waals surface area contributed by atoms with Gasteiger partial charge in [0.2, 0.25) is 0 Å². The maximum Gasteiger partial charge on any atom is 0.0785 e. The van der Waals surface area contributed by atoms with Crippen LogP contribution >= 0.6 is 0 Å². The predicted molar refractivity (Wildman–Crippen MR) is 83.7 cm³/mol. The highest BCUT2D eigenvalue weighted by Gasteiger charge is 2.14. The number of anilines is 1. The molecule has 21 heavy (non-hydrogen) atoms. The van der Waals surface area contributed by atoms with Gasteiger partial charge in [0.25, 0.3) is 0 Å². The van der Waals surface area contributed by atoms with Crippen LogP contribution in [0.25, 0.3) is 0 Å². The molecule has 5 heteroatoms. The van der Waals surface area contributed by atoms with Crippen molar-refractivity contribution in [2.24, 2.45) is 0 Å². The largest absolute Gasteiger partial charge is 0.391 e. The molecule has 0 aliphatic carbocycles. The topological polar surface area (TPSA) is 54.0 Å². The van der Waals surface area contributed by atoms with E-state index in [0.717, 1.165) is 39.4 Å². The van der Waals surface area contributed by atoms with Gasteiger partial charge in [-0.2, -0.15) is 0 Å². The second-order valence-electron chi connectivity index (χ2n) is 5.30. The molecule has 1 unspecified atom stereocenters. The Balaban J connectivity index is 1.82. The highest BCUT2D eigenvalue weighted by Crippen LogP contribution is 2.21. The number of rotatable bonds is 8. The number of morpholine rings is 1. The van der Waals surface area contributed by atoms with E-state index >= 15 is 0 Å². The minimum Gasteiger partial charge on any atom is -0.391 e. The molecule has 1 atom stereocenters. The summed E-state index contributed by atoms with van der Waals surface area (Å²) in [5, 5.41) is 13.0. The minimum absolute atomic E-state index is 0.392. The number of aliphatic hydroxyl groups excluding tert-OH is 1. The number of nitrogens with zero attached hydrogens (tertiary/aromatic N) is 1. The highest BCUT2D eigenvalue weighted by atomic mass is 16.5. The van der Waals surface area contributed by atoms with Crippen LogP contribution in [0.4, 0.5) is 5.69 Å². The molecule has 1 aromatic carbocycles. The van der Waals surface area contributed by atoms with Gasteiger partial charge in [0.05, 0.1) is 25.9 Å². The van der Waals surface area contributed by atoms with Gasteiger partial charge in [0.15, 0.2) is 0 Å². The van der Waals surface area contributed by atoms with Crippen LogP contribution in [-0.2, 0) is 16.0 Å². The van der Waals surface area contributed by atoms with E-state index in [4.69, 9.17) is 9.47 Å². The van der Waals surface area contributed by atoms with E-state index in [1.165, 1.54) is 11.3 Å². The van der Waals surface area contributed by atoms with E-state index in [1.54, 1.807) is 7.11 Å². The van der Waals surface area contributed by atoms with Crippen molar-refractivity contribution in [3.8, 4) is 0 Å². The first-order valence-corrected chi connectivity index (χ1v) is 7.59. The van der Waals surface area contributed by atoms with Gasteiger partial charge in [-0.25, -0.2) is 0 Å². The maximum absolute atomic E-state index is 9.62. The highest BCUT2D eigenvalue weighted by molar-refractivity contribution is 5.53. The van der Waals surface area contributed by atoms with Crippen molar-refractivity contribution in [3.63, 3.8) is 0 Å². The van der Waals surface area contributed by atoms with Crippen molar-refractivity contribution in [2.75, 3.05) is 51.5 Å². The van der Waals surface area contributed by atoms with Crippen LogP contribution in [0.15, 0.2) is 24.3 Å². The molecule has 0 radical (unpaired) electrons. The van der Waals surface area contributed by atoms with Crippen LogP contribution in [0, 0.1) is 0 Å². The van der Waals surface area contributed by atoms with Crippen molar-refractivity contribution in [1.29, 1.82) is 0 Å². The first kappa shape index (κ1) is 16.2. The van der Waals surface area contributed by atoms with E-state index in [0.29, 0.717) is 13.0 Å². The summed E-state index contributed by atoms with van der Waals surface area (Å²) in [5.74, 6) is 0. The molecule has 0 spiro atoms. The lowest BCUT2D eigenvalue weighted by Gasteiger charge is -2.30. The molecule has 0 bridgehead atoms. The van der Waals surface area contributed by atoms with Crippen LogP contribution in [0.2, 0.25) is 0 Å². The first-order chi connectivity index (χ1) is 10.3. The Morgan fingerprint density at radius 3 is 2.86 bits per heavy atom. The van der Waals surface area contributed by atoms with Gasteiger partial charge in [-0.15, -0.1) is 0 Å². The van der Waals surface area contributed by atoms with Gasteiger partial charge < -0.3 is 24.8 Å². The van der Waals surface area contributed by atoms with Gasteiger partial charge in [-0.05, 0) is 24.6 Å². The third-order valence-corrected chi connectivity index (χ3v) is 3.67. The average Bonchev–Trinajstić information content (AvgIpc) is 2.53. The molecule has 2 N–H and O–H groups in total. The van der Waals surface area contributed by atoms with Gasteiger partial charge in [-0.3, -0.25) is 0 Å². The molecule has 1 aromatic rings. The zero-order valence-corrected chi connectivity index (χ0v) is 12.8. The SMILES string of the molecule is COCC(O)CCNCc1ccccc1N1CCOCC1. The summed E-state index contributed by atoms with van der Waals surface area (Å²) < 4.78 is 10.3. The van der Waals surface area contributed by atoms with E-state index in [-0.39, 0.29) is 0 Å². The minimum atomic E-state index is -0.392. The van der Waals surface area contributed by atoms with Crippen molar-refractivity contribution < 1.29 is 14.6 Å². The monoisotopic (exact) mass is 294 g/mol. The van der Waals surface area contributed by atoms with E-state index in [9.17, 15) is 5.11 Å². The molecular formula is C16H26N2O3. The molecular weight excluding hydrogens is 268 g/mol. The molecule has 5 nitrogen and oxygen atoms in total. The number of nitrogens with one attached hydrogen (secondary N) is 1. The summed E-state index contributed by atoms with van der Waals surface area (Å²) in [6.45, 7) is 5.48. The molecule has 0 amide bonds. The lowest BCUT2D eigenvalue weighted by atomic mass is 10.1. The number of benzene rings is 1. The number of methoxy groups -OCH3 is 1. The Morgan fingerprint density at radius 2 is 2.10 bits per heavy atom. The number of ether oxygens (including phenoxy) is 2. The molecule has 118 valence electrons. The number of hydrogen-bond acceptors (Lipinski definition) is 5. The van der Waals surface area contributed by atoms with Crippen LogP contribution in [0.1, 0.15) is 12.0 Å². The van der Waals surface area contributed by atoms with Crippen molar-refractivity contribution in [1.82, 2.24) is 5.32 Å². The van der Waals surface area contributed by atoms with Crippen molar-refractivity contribution in [2.45, 2.75) is 19.1 Å². The summed E-state index contributed by atoms with van der Waals surface area (Å²) >= 11 is 0. The Morgan fingerprint density at radius 1 is 1.33 bits per heavy atom. The standard InChI is InChI=1S/C16H26N2O3/c1-20-13-15(19)6-7-17-12-14-4-2-3-5-16(14)18-8-10-21-11-9-18/h2-5,15,17,19H,6-13H2,1H3. The Hall–Kier alpha value is -1.14. The lowest BCUT2D eigenvalue weighted by molar-refractivity contribution is 0.0594. The molecule has 1 saturated heterocycles.